The zero-order chi connectivity index (χ0) is 13.8. The van der Waals surface area contributed by atoms with Crippen LogP contribution in [0.1, 0.15) is 10.4 Å². The fourth-order valence-electron chi connectivity index (χ4n) is 1.85. The number of anilines is 1. The van der Waals surface area contributed by atoms with Crippen molar-refractivity contribution in [3.8, 4) is 11.3 Å². The summed E-state index contributed by atoms with van der Waals surface area (Å²) < 4.78 is 0. The molecule has 0 aliphatic rings. The predicted octanol–water partition coefficient (Wildman–Crippen LogP) is 2.72. The van der Waals surface area contributed by atoms with Crippen LogP contribution in [0.15, 0.2) is 61.3 Å². The highest BCUT2D eigenvalue weighted by Crippen LogP contribution is 2.19. The van der Waals surface area contributed by atoms with E-state index < -0.39 is 0 Å². The Morgan fingerprint density at radius 2 is 1.75 bits per heavy atom. The number of carbonyl (C=O) groups excluding carboxylic acids is 1. The zero-order valence-corrected chi connectivity index (χ0v) is 10.6. The fourth-order valence-corrected chi connectivity index (χ4v) is 1.85. The van der Waals surface area contributed by atoms with Crippen molar-refractivity contribution in [1.82, 2.24) is 15.0 Å². The van der Waals surface area contributed by atoms with Crippen LogP contribution in [0.3, 0.4) is 0 Å². The van der Waals surface area contributed by atoms with Crippen LogP contribution in [0.4, 0.5) is 5.69 Å². The molecule has 5 heteroatoms. The van der Waals surface area contributed by atoms with Crippen LogP contribution < -0.4 is 5.32 Å². The Balaban J connectivity index is 1.74. The van der Waals surface area contributed by atoms with Crippen LogP contribution in [-0.4, -0.2) is 20.9 Å². The van der Waals surface area contributed by atoms with E-state index in [2.05, 4.69) is 20.3 Å². The molecule has 0 radical (unpaired) electrons. The number of nitrogens with zero attached hydrogens (tertiary/aromatic N) is 2. The van der Waals surface area contributed by atoms with Gasteiger partial charge in [0.05, 0.1) is 18.2 Å². The van der Waals surface area contributed by atoms with Gasteiger partial charge in [0, 0.05) is 23.6 Å². The molecule has 2 N–H and O–H groups in total. The first kappa shape index (κ1) is 12.1. The summed E-state index contributed by atoms with van der Waals surface area (Å²) in [6.07, 6.45) is 6.57. The minimum atomic E-state index is -0.151. The number of nitrogens with one attached hydrogen (secondary N) is 2. The number of H-pyrrole nitrogens is 1. The summed E-state index contributed by atoms with van der Waals surface area (Å²) >= 11 is 0. The molecule has 2 aromatic heterocycles. The second-order valence-electron chi connectivity index (χ2n) is 4.23. The second-order valence-corrected chi connectivity index (χ2v) is 4.23. The van der Waals surface area contributed by atoms with Crippen molar-refractivity contribution in [3.05, 3.63) is 66.9 Å². The molecule has 0 bridgehead atoms. The van der Waals surface area contributed by atoms with Crippen molar-refractivity contribution in [2.75, 3.05) is 5.32 Å². The quantitative estimate of drug-likeness (QED) is 0.764. The normalized spacial score (nSPS) is 10.2. The van der Waals surface area contributed by atoms with Crippen molar-refractivity contribution < 1.29 is 4.79 Å². The van der Waals surface area contributed by atoms with E-state index in [0.717, 1.165) is 16.9 Å². The predicted molar refractivity (Wildman–Crippen MR) is 76.2 cm³/mol. The van der Waals surface area contributed by atoms with Crippen molar-refractivity contribution in [1.29, 1.82) is 0 Å². The number of benzene rings is 1. The zero-order valence-electron chi connectivity index (χ0n) is 10.6. The van der Waals surface area contributed by atoms with E-state index in [9.17, 15) is 4.79 Å². The minimum absolute atomic E-state index is 0.151. The first-order valence-electron chi connectivity index (χ1n) is 6.13. The maximum Gasteiger partial charge on any atom is 0.255 e. The van der Waals surface area contributed by atoms with Crippen molar-refractivity contribution >= 4 is 11.6 Å². The number of imidazole rings is 1. The molecule has 3 aromatic rings. The number of aromatic amines is 1. The molecule has 0 spiro atoms. The molecule has 0 aliphatic heterocycles. The average molecular weight is 264 g/mol. The van der Waals surface area contributed by atoms with Gasteiger partial charge in [0.15, 0.2) is 0 Å². The van der Waals surface area contributed by atoms with Gasteiger partial charge >= 0.3 is 0 Å². The molecular formula is C15H12N4O. The third kappa shape index (κ3) is 2.56. The van der Waals surface area contributed by atoms with E-state index in [-0.39, 0.29) is 5.91 Å². The molecule has 1 aromatic carbocycles. The molecule has 0 saturated heterocycles. The summed E-state index contributed by atoms with van der Waals surface area (Å²) in [4.78, 5) is 22.9. The molecule has 0 unspecified atom stereocenters. The molecule has 0 aliphatic carbocycles. The van der Waals surface area contributed by atoms with Crippen molar-refractivity contribution in [2.45, 2.75) is 0 Å². The Hall–Kier alpha value is -2.95. The maximum absolute atomic E-state index is 12.0. The van der Waals surface area contributed by atoms with Crippen LogP contribution in [0.5, 0.6) is 0 Å². The molecule has 3 rings (SSSR count). The van der Waals surface area contributed by atoms with Gasteiger partial charge in [-0.05, 0) is 29.8 Å². The lowest BCUT2D eigenvalue weighted by Crippen LogP contribution is -2.11. The second kappa shape index (κ2) is 5.36. The van der Waals surface area contributed by atoms with Gasteiger partial charge in [-0.2, -0.15) is 0 Å². The SMILES string of the molecule is O=C(Nc1ccc(-c2cnc[nH]2)cc1)c1ccncc1. The number of aromatic nitrogens is 3. The summed E-state index contributed by atoms with van der Waals surface area (Å²) in [5.41, 5.74) is 3.29. The number of pyridine rings is 1. The van der Waals surface area contributed by atoms with Crippen LogP contribution in [0, 0.1) is 0 Å². The lowest BCUT2D eigenvalue weighted by molar-refractivity contribution is 0.102. The van der Waals surface area contributed by atoms with Crippen molar-refractivity contribution in [2.24, 2.45) is 0 Å². The summed E-state index contributed by atoms with van der Waals surface area (Å²) in [6.45, 7) is 0. The van der Waals surface area contributed by atoms with Gasteiger partial charge in [-0.15, -0.1) is 0 Å². The highest BCUT2D eigenvalue weighted by Gasteiger charge is 2.05. The monoisotopic (exact) mass is 264 g/mol. The summed E-state index contributed by atoms with van der Waals surface area (Å²) in [5.74, 6) is -0.151. The molecule has 0 fully saturated rings. The lowest BCUT2D eigenvalue weighted by atomic mass is 10.1. The topological polar surface area (TPSA) is 70.7 Å². The Labute approximate surface area is 115 Å². The largest absolute Gasteiger partial charge is 0.345 e. The molecule has 20 heavy (non-hydrogen) atoms. The minimum Gasteiger partial charge on any atom is -0.345 e. The number of carbonyl (C=O) groups is 1. The Morgan fingerprint density at radius 3 is 2.40 bits per heavy atom. The van der Waals surface area contributed by atoms with E-state index in [4.69, 9.17) is 0 Å². The summed E-state index contributed by atoms with van der Waals surface area (Å²) in [7, 11) is 0. The first-order chi connectivity index (χ1) is 9.83. The average Bonchev–Trinajstić information content (AvgIpc) is 3.03. The third-order valence-electron chi connectivity index (χ3n) is 2.89. The molecule has 0 saturated carbocycles. The maximum atomic E-state index is 12.0. The Bertz CT molecular complexity index is 691. The highest BCUT2D eigenvalue weighted by atomic mass is 16.1. The van der Waals surface area contributed by atoms with Gasteiger partial charge in [-0.25, -0.2) is 4.98 Å². The lowest BCUT2D eigenvalue weighted by Gasteiger charge is -2.05. The Morgan fingerprint density at radius 1 is 1.00 bits per heavy atom. The molecule has 98 valence electrons. The molecule has 0 atom stereocenters. The van der Waals surface area contributed by atoms with Gasteiger partial charge in [-0.3, -0.25) is 9.78 Å². The molecular weight excluding hydrogens is 252 g/mol. The van der Waals surface area contributed by atoms with Crippen LogP contribution >= 0.6 is 0 Å². The fraction of sp³-hybridized carbons (Fsp3) is 0. The van der Waals surface area contributed by atoms with E-state index in [1.54, 1.807) is 37.1 Å². The molecule has 2 heterocycles. The van der Waals surface area contributed by atoms with E-state index >= 15 is 0 Å². The van der Waals surface area contributed by atoms with Gasteiger partial charge in [-0.1, -0.05) is 12.1 Å². The van der Waals surface area contributed by atoms with Gasteiger partial charge in [0.1, 0.15) is 0 Å². The molecule has 5 nitrogen and oxygen atoms in total. The van der Waals surface area contributed by atoms with Crippen LogP contribution in [0.25, 0.3) is 11.3 Å². The van der Waals surface area contributed by atoms with Crippen LogP contribution in [0.2, 0.25) is 0 Å². The summed E-state index contributed by atoms with van der Waals surface area (Å²) in [5, 5.41) is 2.84. The van der Waals surface area contributed by atoms with Crippen LogP contribution in [-0.2, 0) is 0 Å². The van der Waals surface area contributed by atoms with E-state index in [0.29, 0.717) is 5.56 Å². The number of amides is 1. The van der Waals surface area contributed by atoms with E-state index in [1.165, 1.54) is 0 Å². The number of hydrogen-bond acceptors (Lipinski definition) is 3. The van der Waals surface area contributed by atoms with E-state index in [1.807, 2.05) is 24.3 Å². The number of rotatable bonds is 3. The number of hydrogen-bond donors (Lipinski definition) is 2. The smallest absolute Gasteiger partial charge is 0.255 e. The van der Waals surface area contributed by atoms with Crippen molar-refractivity contribution in [3.63, 3.8) is 0 Å². The molecule has 1 amide bonds. The summed E-state index contributed by atoms with van der Waals surface area (Å²) in [6, 6.07) is 10.9. The third-order valence-corrected chi connectivity index (χ3v) is 2.89. The first-order valence-corrected chi connectivity index (χ1v) is 6.13. The van der Waals surface area contributed by atoms with Gasteiger partial charge < -0.3 is 10.3 Å². The van der Waals surface area contributed by atoms with Gasteiger partial charge in [0.25, 0.3) is 5.91 Å². The highest BCUT2D eigenvalue weighted by molar-refractivity contribution is 6.04. The Kier molecular flexibility index (Phi) is 3.24. The standard InChI is InChI=1S/C15H12N4O/c20-15(12-5-7-16-8-6-12)19-13-3-1-11(2-4-13)14-9-17-10-18-14/h1-10H,(H,17,18)(H,19,20). The van der Waals surface area contributed by atoms with Gasteiger partial charge in [0.2, 0.25) is 0 Å².